The Labute approximate surface area is 116 Å². The molecule has 1 aromatic carbocycles. The third-order valence-corrected chi connectivity index (χ3v) is 3.61. The summed E-state index contributed by atoms with van der Waals surface area (Å²) in [4.78, 5) is 12.4. The molecule has 0 aromatic heterocycles. The van der Waals surface area contributed by atoms with Crippen LogP contribution in [0, 0.1) is 11.6 Å². The second-order valence-electron chi connectivity index (χ2n) is 4.20. The molecule has 1 aromatic rings. The summed E-state index contributed by atoms with van der Waals surface area (Å²) in [5, 5.41) is 4.80. The fourth-order valence-corrected chi connectivity index (χ4v) is 2.41. The second kappa shape index (κ2) is 6.27. The van der Waals surface area contributed by atoms with E-state index in [4.69, 9.17) is 5.14 Å². The Morgan fingerprint density at radius 1 is 1.30 bits per heavy atom. The van der Waals surface area contributed by atoms with E-state index in [0.29, 0.717) is 31.6 Å². The van der Waals surface area contributed by atoms with Crippen molar-refractivity contribution in [3.8, 4) is 0 Å². The van der Waals surface area contributed by atoms with Crippen molar-refractivity contribution < 1.29 is 22.0 Å². The molecular formula is C12H16F2N2O3S. The molecule has 0 aliphatic carbocycles. The molecule has 0 aliphatic rings. The van der Waals surface area contributed by atoms with Gasteiger partial charge in [0.1, 0.15) is 10.7 Å². The largest absolute Gasteiger partial charge is 0.339 e. The van der Waals surface area contributed by atoms with Crippen molar-refractivity contribution in [3.63, 3.8) is 0 Å². The van der Waals surface area contributed by atoms with Crippen LogP contribution in [-0.4, -0.2) is 32.3 Å². The van der Waals surface area contributed by atoms with Crippen molar-refractivity contribution in [1.82, 2.24) is 4.90 Å². The maximum Gasteiger partial charge on any atom is 0.256 e. The van der Waals surface area contributed by atoms with Crippen LogP contribution in [0.1, 0.15) is 30.6 Å². The van der Waals surface area contributed by atoms with Crippen molar-refractivity contribution in [2.24, 2.45) is 5.14 Å². The Bertz CT molecular complexity index is 617. The van der Waals surface area contributed by atoms with Crippen LogP contribution >= 0.6 is 0 Å². The summed E-state index contributed by atoms with van der Waals surface area (Å²) < 4.78 is 49.8. The lowest BCUT2D eigenvalue weighted by Gasteiger charge is -2.20. The number of nitrogens with two attached hydrogens (primary N) is 1. The van der Waals surface area contributed by atoms with Gasteiger partial charge in [-0.05, 0) is 25.5 Å². The summed E-state index contributed by atoms with van der Waals surface area (Å²) in [7, 11) is -4.44. The average molecular weight is 306 g/mol. The third-order valence-electron chi connectivity index (χ3n) is 2.70. The van der Waals surface area contributed by atoms with Crippen molar-refractivity contribution in [3.05, 3.63) is 29.3 Å². The van der Waals surface area contributed by atoms with Crippen LogP contribution in [0.5, 0.6) is 0 Å². The zero-order chi connectivity index (χ0) is 15.5. The molecule has 0 unspecified atom stereocenters. The molecule has 0 radical (unpaired) electrons. The highest BCUT2D eigenvalue weighted by Gasteiger charge is 2.25. The van der Waals surface area contributed by atoms with E-state index < -0.39 is 38.0 Å². The molecule has 0 saturated heterocycles. The minimum absolute atomic E-state index is 0.299. The maximum absolute atomic E-state index is 14.1. The van der Waals surface area contributed by atoms with Gasteiger partial charge in [0, 0.05) is 13.1 Å². The highest BCUT2D eigenvalue weighted by atomic mass is 32.2. The quantitative estimate of drug-likeness (QED) is 0.895. The number of amides is 1. The number of nitrogens with zero attached hydrogens (tertiary/aromatic N) is 1. The molecule has 0 heterocycles. The lowest BCUT2D eigenvalue weighted by molar-refractivity contribution is 0.0758. The Kier molecular flexibility index (Phi) is 5.18. The molecule has 2 N–H and O–H groups in total. The Morgan fingerprint density at radius 2 is 1.90 bits per heavy atom. The van der Waals surface area contributed by atoms with Gasteiger partial charge in [-0.1, -0.05) is 6.92 Å². The Hall–Kier alpha value is -1.54. The molecule has 8 heteroatoms. The van der Waals surface area contributed by atoms with Crippen LogP contribution in [0.2, 0.25) is 0 Å². The smallest absolute Gasteiger partial charge is 0.256 e. The molecule has 0 fully saturated rings. The molecule has 0 spiro atoms. The SMILES string of the molecule is CCCN(CC)C(=O)c1cc(F)cc(S(N)(=O)=O)c1F. The number of carbonyl (C=O) groups is 1. The van der Waals surface area contributed by atoms with Gasteiger partial charge in [-0.3, -0.25) is 4.79 Å². The van der Waals surface area contributed by atoms with E-state index in [1.54, 1.807) is 6.92 Å². The first-order chi connectivity index (χ1) is 9.22. The molecule has 0 atom stereocenters. The number of rotatable bonds is 5. The summed E-state index contributed by atoms with van der Waals surface area (Å²) >= 11 is 0. The second-order valence-corrected chi connectivity index (χ2v) is 5.73. The summed E-state index contributed by atoms with van der Waals surface area (Å²) in [5.74, 6) is -3.13. The number of hydrogen-bond acceptors (Lipinski definition) is 3. The van der Waals surface area contributed by atoms with Gasteiger partial charge in [-0.2, -0.15) is 0 Å². The van der Waals surface area contributed by atoms with Gasteiger partial charge in [-0.15, -0.1) is 0 Å². The van der Waals surface area contributed by atoms with Gasteiger partial charge in [-0.25, -0.2) is 22.3 Å². The van der Waals surface area contributed by atoms with E-state index in [1.807, 2.05) is 6.92 Å². The van der Waals surface area contributed by atoms with Crippen molar-refractivity contribution >= 4 is 15.9 Å². The number of benzene rings is 1. The molecular weight excluding hydrogens is 290 g/mol. The first kappa shape index (κ1) is 16.5. The number of hydrogen-bond donors (Lipinski definition) is 1. The molecule has 1 rings (SSSR count). The normalized spacial score (nSPS) is 11.4. The summed E-state index contributed by atoms with van der Waals surface area (Å²) in [6.45, 7) is 4.17. The minimum atomic E-state index is -4.44. The maximum atomic E-state index is 14.1. The molecule has 0 aliphatic heterocycles. The topological polar surface area (TPSA) is 80.5 Å². The van der Waals surface area contributed by atoms with E-state index in [9.17, 15) is 22.0 Å². The lowest BCUT2D eigenvalue weighted by atomic mass is 10.1. The fourth-order valence-electron chi connectivity index (χ4n) is 1.77. The standard InChI is InChI=1S/C12H16F2N2O3S/c1-3-5-16(4-2)12(17)9-6-8(13)7-10(11(9)14)20(15,18)19/h6-7H,3-5H2,1-2H3,(H2,15,18,19). The minimum Gasteiger partial charge on any atom is -0.339 e. The summed E-state index contributed by atoms with van der Waals surface area (Å²) in [6.07, 6.45) is 0.637. The molecule has 112 valence electrons. The van der Waals surface area contributed by atoms with E-state index in [-0.39, 0.29) is 0 Å². The Balaban J connectivity index is 3.39. The van der Waals surface area contributed by atoms with Crippen LogP contribution in [-0.2, 0) is 10.0 Å². The van der Waals surface area contributed by atoms with E-state index in [0.717, 1.165) is 0 Å². The van der Waals surface area contributed by atoms with Crippen molar-refractivity contribution in [1.29, 1.82) is 0 Å². The highest BCUT2D eigenvalue weighted by Crippen LogP contribution is 2.20. The molecule has 1 amide bonds. The average Bonchev–Trinajstić information content (AvgIpc) is 2.36. The fraction of sp³-hybridized carbons (Fsp3) is 0.417. The zero-order valence-electron chi connectivity index (χ0n) is 11.2. The predicted molar refractivity (Wildman–Crippen MR) is 69.6 cm³/mol. The number of sulfonamides is 1. The third kappa shape index (κ3) is 3.51. The van der Waals surface area contributed by atoms with Crippen LogP contribution < -0.4 is 5.14 Å². The summed E-state index contributed by atoms with van der Waals surface area (Å²) in [6, 6.07) is 1.13. The van der Waals surface area contributed by atoms with E-state index >= 15 is 0 Å². The monoisotopic (exact) mass is 306 g/mol. The first-order valence-corrected chi connectivity index (χ1v) is 7.58. The van der Waals surface area contributed by atoms with Crippen LogP contribution in [0.15, 0.2) is 17.0 Å². The molecule has 5 nitrogen and oxygen atoms in total. The van der Waals surface area contributed by atoms with Gasteiger partial charge in [0.2, 0.25) is 10.0 Å². The van der Waals surface area contributed by atoms with Gasteiger partial charge in [0.25, 0.3) is 5.91 Å². The van der Waals surface area contributed by atoms with Crippen LogP contribution in [0.3, 0.4) is 0 Å². The predicted octanol–water partition coefficient (Wildman–Crippen LogP) is 1.48. The van der Waals surface area contributed by atoms with E-state index in [2.05, 4.69) is 0 Å². The van der Waals surface area contributed by atoms with Gasteiger partial charge < -0.3 is 4.90 Å². The van der Waals surface area contributed by atoms with Crippen LogP contribution in [0.4, 0.5) is 8.78 Å². The van der Waals surface area contributed by atoms with Gasteiger partial charge in [0.05, 0.1) is 5.56 Å². The first-order valence-electron chi connectivity index (χ1n) is 6.03. The van der Waals surface area contributed by atoms with Crippen molar-refractivity contribution in [2.45, 2.75) is 25.2 Å². The summed E-state index contributed by atoms with van der Waals surface area (Å²) in [5.41, 5.74) is -0.635. The molecule has 0 bridgehead atoms. The number of halogens is 2. The number of primary sulfonamides is 1. The number of carbonyl (C=O) groups excluding carboxylic acids is 1. The zero-order valence-corrected chi connectivity index (χ0v) is 12.0. The van der Waals surface area contributed by atoms with Crippen LogP contribution in [0.25, 0.3) is 0 Å². The van der Waals surface area contributed by atoms with Gasteiger partial charge in [0.15, 0.2) is 5.82 Å². The lowest BCUT2D eigenvalue weighted by Crippen LogP contribution is -2.32. The molecule has 0 saturated carbocycles. The van der Waals surface area contributed by atoms with Crippen molar-refractivity contribution in [2.75, 3.05) is 13.1 Å². The van der Waals surface area contributed by atoms with Gasteiger partial charge >= 0.3 is 0 Å². The molecule has 20 heavy (non-hydrogen) atoms. The Morgan fingerprint density at radius 3 is 2.35 bits per heavy atom. The van der Waals surface area contributed by atoms with E-state index in [1.165, 1.54) is 4.90 Å². The highest BCUT2D eigenvalue weighted by molar-refractivity contribution is 7.89.